The van der Waals surface area contributed by atoms with Crippen LogP contribution in [0.4, 0.5) is 4.39 Å². The Balaban J connectivity index is 2.92. The summed E-state index contributed by atoms with van der Waals surface area (Å²) < 4.78 is 39.5. The van der Waals surface area contributed by atoms with Crippen molar-refractivity contribution >= 4 is 21.8 Å². The van der Waals surface area contributed by atoms with Crippen LogP contribution in [0.25, 0.3) is 0 Å². The third-order valence-electron chi connectivity index (χ3n) is 2.16. The first-order valence-electron chi connectivity index (χ1n) is 5.13. The van der Waals surface area contributed by atoms with Gasteiger partial charge in [-0.1, -0.05) is 6.92 Å². The van der Waals surface area contributed by atoms with Gasteiger partial charge in [-0.25, -0.2) is 22.5 Å². The van der Waals surface area contributed by atoms with Crippen LogP contribution in [0.1, 0.15) is 13.3 Å². The Morgan fingerprint density at radius 3 is 2.82 bits per heavy atom. The van der Waals surface area contributed by atoms with Gasteiger partial charge < -0.3 is 0 Å². The van der Waals surface area contributed by atoms with Gasteiger partial charge in [-0.2, -0.15) is 11.8 Å². The Labute approximate surface area is 105 Å². The lowest BCUT2D eigenvalue weighted by Gasteiger charge is -2.15. The van der Waals surface area contributed by atoms with Gasteiger partial charge in [-0.3, -0.25) is 0 Å². The Morgan fingerprint density at radius 2 is 2.29 bits per heavy atom. The number of nitrogens with zero attached hydrogens (tertiary/aromatic N) is 1. The molecule has 0 fully saturated rings. The highest BCUT2D eigenvalue weighted by Crippen LogP contribution is 2.12. The van der Waals surface area contributed by atoms with E-state index in [1.54, 1.807) is 0 Å². The van der Waals surface area contributed by atoms with Gasteiger partial charge in [0.1, 0.15) is 0 Å². The van der Waals surface area contributed by atoms with E-state index in [-0.39, 0.29) is 6.04 Å². The minimum atomic E-state index is -3.87. The first-order chi connectivity index (χ1) is 8.01. The van der Waals surface area contributed by atoms with Crippen molar-refractivity contribution in [2.45, 2.75) is 24.4 Å². The lowest BCUT2D eigenvalue weighted by atomic mass is 10.3. The summed E-state index contributed by atoms with van der Waals surface area (Å²) >= 11 is 1.53. The molecule has 0 spiro atoms. The second kappa shape index (κ2) is 6.32. The van der Waals surface area contributed by atoms with Crippen molar-refractivity contribution < 1.29 is 12.8 Å². The number of hydrogen-bond donors (Lipinski definition) is 1. The van der Waals surface area contributed by atoms with Crippen LogP contribution in [0.2, 0.25) is 0 Å². The molecule has 0 aromatic carbocycles. The summed E-state index contributed by atoms with van der Waals surface area (Å²) in [6, 6.07) is 2.22. The smallest absolute Gasteiger partial charge is 0.241 e. The van der Waals surface area contributed by atoms with Gasteiger partial charge in [0, 0.05) is 18.0 Å². The summed E-state index contributed by atoms with van der Waals surface area (Å²) in [4.78, 5) is 3.57. The van der Waals surface area contributed by atoms with Crippen LogP contribution >= 0.6 is 11.8 Å². The molecule has 0 radical (unpaired) electrons. The molecule has 0 aliphatic heterocycles. The topological polar surface area (TPSA) is 59.1 Å². The van der Waals surface area contributed by atoms with Gasteiger partial charge in [0.15, 0.2) is 5.82 Å². The van der Waals surface area contributed by atoms with Crippen molar-refractivity contribution in [3.63, 3.8) is 0 Å². The van der Waals surface area contributed by atoms with Crippen molar-refractivity contribution in [1.29, 1.82) is 0 Å². The Bertz CT molecular complexity index is 465. The van der Waals surface area contributed by atoms with Gasteiger partial charge in [0.05, 0.1) is 0 Å². The normalized spacial score (nSPS) is 13.6. The Kier molecular flexibility index (Phi) is 5.35. The molecule has 7 heteroatoms. The van der Waals surface area contributed by atoms with Gasteiger partial charge in [-0.15, -0.1) is 0 Å². The van der Waals surface area contributed by atoms with E-state index < -0.39 is 20.9 Å². The average Bonchev–Trinajstić information content (AvgIpc) is 2.28. The first-order valence-corrected chi connectivity index (χ1v) is 8.00. The maximum Gasteiger partial charge on any atom is 0.261 e. The largest absolute Gasteiger partial charge is 0.261 e. The molecule has 0 aliphatic rings. The SMILES string of the molecule is CCC(CSC)NS(=O)(=O)c1ncccc1F. The standard InChI is InChI=1S/C10H15FN2O2S2/c1-3-8(7-16-2)13-17(14,15)10-9(11)5-4-6-12-10/h4-6,8,13H,3,7H2,1-2H3. The molecule has 0 aliphatic carbocycles. The molecule has 96 valence electrons. The molecule has 0 saturated heterocycles. The highest BCUT2D eigenvalue weighted by atomic mass is 32.2. The molecule has 1 aromatic rings. The van der Waals surface area contributed by atoms with Crippen LogP contribution in [0, 0.1) is 5.82 Å². The lowest BCUT2D eigenvalue weighted by Crippen LogP contribution is -2.36. The number of halogens is 1. The second-order valence-electron chi connectivity index (χ2n) is 3.47. The van der Waals surface area contributed by atoms with Crippen LogP contribution in [-0.2, 0) is 10.0 Å². The third kappa shape index (κ3) is 3.93. The summed E-state index contributed by atoms with van der Waals surface area (Å²) in [5.41, 5.74) is 0. The van der Waals surface area contributed by atoms with E-state index in [0.29, 0.717) is 12.2 Å². The van der Waals surface area contributed by atoms with E-state index in [0.717, 1.165) is 6.07 Å². The average molecular weight is 278 g/mol. The molecule has 1 rings (SSSR count). The minimum absolute atomic E-state index is 0.212. The quantitative estimate of drug-likeness (QED) is 0.859. The third-order valence-corrected chi connectivity index (χ3v) is 4.35. The number of rotatable bonds is 6. The molecule has 0 amide bonds. The minimum Gasteiger partial charge on any atom is -0.241 e. The zero-order valence-corrected chi connectivity index (χ0v) is 11.3. The maximum atomic E-state index is 13.3. The van der Waals surface area contributed by atoms with Crippen LogP contribution in [0.3, 0.4) is 0 Å². The molecule has 0 bridgehead atoms. The second-order valence-corrected chi connectivity index (χ2v) is 6.01. The molecule has 1 N–H and O–H groups in total. The maximum absolute atomic E-state index is 13.3. The van der Waals surface area contributed by atoms with Gasteiger partial charge in [-0.05, 0) is 24.8 Å². The Morgan fingerprint density at radius 1 is 1.59 bits per heavy atom. The van der Waals surface area contributed by atoms with Crippen molar-refractivity contribution in [3.05, 3.63) is 24.1 Å². The molecule has 1 aromatic heterocycles. The summed E-state index contributed by atoms with van der Waals surface area (Å²) in [5, 5.41) is -0.542. The molecule has 1 atom stereocenters. The number of pyridine rings is 1. The molecule has 4 nitrogen and oxygen atoms in total. The molecule has 0 saturated carbocycles. The van der Waals surface area contributed by atoms with Crippen molar-refractivity contribution in [2.24, 2.45) is 0 Å². The highest BCUT2D eigenvalue weighted by molar-refractivity contribution is 7.98. The van der Waals surface area contributed by atoms with E-state index in [1.807, 2.05) is 13.2 Å². The van der Waals surface area contributed by atoms with E-state index in [4.69, 9.17) is 0 Å². The van der Waals surface area contributed by atoms with Crippen LogP contribution < -0.4 is 4.72 Å². The summed E-state index contributed by atoms with van der Waals surface area (Å²) in [5.74, 6) is -0.191. The molecular formula is C10H15FN2O2S2. The van der Waals surface area contributed by atoms with E-state index in [9.17, 15) is 12.8 Å². The highest BCUT2D eigenvalue weighted by Gasteiger charge is 2.23. The zero-order valence-electron chi connectivity index (χ0n) is 9.68. The summed E-state index contributed by atoms with van der Waals surface area (Å²) in [6.45, 7) is 1.87. The predicted octanol–water partition coefficient (Wildman–Crippen LogP) is 1.64. The number of sulfonamides is 1. The van der Waals surface area contributed by atoms with Crippen molar-refractivity contribution in [2.75, 3.05) is 12.0 Å². The Hall–Kier alpha value is -0.660. The van der Waals surface area contributed by atoms with E-state index >= 15 is 0 Å². The molecule has 1 heterocycles. The molecule has 1 unspecified atom stereocenters. The predicted molar refractivity (Wildman–Crippen MR) is 67.0 cm³/mol. The van der Waals surface area contributed by atoms with Gasteiger partial charge >= 0.3 is 0 Å². The van der Waals surface area contributed by atoms with Crippen LogP contribution in [0.5, 0.6) is 0 Å². The van der Waals surface area contributed by atoms with E-state index in [2.05, 4.69) is 9.71 Å². The fraction of sp³-hybridized carbons (Fsp3) is 0.500. The van der Waals surface area contributed by atoms with Crippen LogP contribution in [-0.4, -0.2) is 31.5 Å². The van der Waals surface area contributed by atoms with Crippen molar-refractivity contribution in [1.82, 2.24) is 9.71 Å². The fourth-order valence-corrected chi connectivity index (χ4v) is 3.43. The lowest BCUT2D eigenvalue weighted by molar-refractivity contribution is 0.531. The molecular weight excluding hydrogens is 263 g/mol. The number of thioether (sulfide) groups is 1. The number of hydrogen-bond acceptors (Lipinski definition) is 4. The fourth-order valence-electron chi connectivity index (χ4n) is 1.28. The zero-order chi connectivity index (χ0) is 12.9. The number of aromatic nitrogens is 1. The van der Waals surface area contributed by atoms with E-state index in [1.165, 1.54) is 24.0 Å². The number of nitrogens with one attached hydrogen (secondary N) is 1. The molecule has 17 heavy (non-hydrogen) atoms. The van der Waals surface area contributed by atoms with Crippen molar-refractivity contribution in [3.8, 4) is 0 Å². The van der Waals surface area contributed by atoms with Gasteiger partial charge in [0.2, 0.25) is 5.03 Å². The first kappa shape index (κ1) is 14.4. The van der Waals surface area contributed by atoms with Gasteiger partial charge in [0.25, 0.3) is 10.0 Å². The van der Waals surface area contributed by atoms with Crippen LogP contribution in [0.15, 0.2) is 23.4 Å². The summed E-state index contributed by atoms with van der Waals surface area (Å²) in [6.07, 6.45) is 3.79. The monoisotopic (exact) mass is 278 g/mol. The summed E-state index contributed by atoms with van der Waals surface area (Å²) in [7, 11) is -3.87.